The lowest BCUT2D eigenvalue weighted by molar-refractivity contribution is -0.107. The molecule has 1 aliphatic heterocycles. The van der Waals surface area contributed by atoms with Crippen molar-refractivity contribution in [3.05, 3.63) is 77.1 Å². The van der Waals surface area contributed by atoms with Gasteiger partial charge in [0.15, 0.2) is 0 Å². The molecule has 3 aromatic rings. The zero-order valence-corrected chi connectivity index (χ0v) is 15.2. The number of thioether (sulfide) groups is 1. The molecular formula is C21H18N2O2S. The van der Waals surface area contributed by atoms with Crippen molar-refractivity contribution >= 4 is 39.1 Å². The molecule has 0 atom stereocenters. The molecule has 0 saturated carbocycles. The first kappa shape index (κ1) is 16.7. The molecule has 1 amide bonds. The lowest BCUT2D eigenvalue weighted by Crippen LogP contribution is -2.10. The molecule has 0 radical (unpaired) electrons. The van der Waals surface area contributed by atoms with Crippen LogP contribution in [0.4, 0.5) is 4.79 Å². The minimum Gasteiger partial charge on any atom is -0.343 e. The van der Waals surface area contributed by atoms with Crippen molar-refractivity contribution in [2.45, 2.75) is 19.9 Å². The average Bonchev–Trinajstić information content (AvgIpc) is 3.19. The molecule has 1 aromatic heterocycles. The minimum absolute atomic E-state index is 0.234. The summed E-state index contributed by atoms with van der Waals surface area (Å²) in [5.74, 6) is 0. The van der Waals surface area contributed by atoms with Crippen molar-refractivity contribution in [1.29, 1.82) is 0 Å². The highest BCUT2D eigenvalue weighted by molar-refractivity contribution is 8.27. The SMILES string of the molecule is CCc1ccc(Cn2ccc3c(C=C4NC(=O)SC4=O)cccc32)cc1. The minimum atomic E-state index is -0.318. The third kappa shape index (κ3) is 3.18. The number of carbonyl (C=O) groups is 2. The Labute approximate surface area is 155 Å². The topological polar surface area (TPSA) is 51.1 Å². The van der Waals surface area contributed by atoms with Gasteiger partial charge in [0.25, 0.3) is 5.24 Å². The maximum atomic E-state index is 11.8. The number of carbonyl (C=O) groups excluding carboxylic acids is 2. The van der Waals surface area contributed by atoms with Crippen molar-refractivity contribution < 1.29 is 9.59 Å². The smallest absolute Gasteiger partial charge is 0.291 e. The van der Waals surface area contributed by atoms with E-state index in [2.05, 4.69) is 59.4 Å². The second kappa shape index (κ2) is 6.84. The zero-order chi connectivity index (χ0) is 18.1. The number of aryl methyl sites for hydroxylation is 1. The van der Waals surface area contributed by atoms with E-state index in [-0.39, 0.29) is 10.4 Å². The van der Waals surface area contributed by atoms with Gasteiger partial charge in [0.1, 0.15) is 0 Å². The summed E-state index contributed by atoms with van der Waals surface area (Å²) in [6.07, 6.45) is 4.85. The van der Waals surface area contributed by atoms with Crippen LogP contribution in [0, 0.1) is 0 Å². The van der Waals surface area contributed by atoms with Crippen LogP contribution in [-0.4, -0.2) is 14.9 Å². The molecule has 0 unspecified atom stereocenters. The predicted octanol–water partition coefficient (Wildman–Crippen LogP) is 4.58. The lowest BCUT2D eigenvalue weighted by atomic mass is 10.1. The summed E-state index contributed by atoms with van der Waals surface area (Å²) in [7, 11) is 0. The number of hydrogen-bond acceptors (Lipinski definition) is 3. The number of nitrogens with one attached hydrogen (secondary N) is 1. The number of nitrogens with zero attached hydrogens (tertiary/aromatic N) is 1. The molecule has 1 N–H and O–H groups in total. The van der Waals surface area contributed by atoms with E-state index in [1.807, 2.05) is 12.1 Å². The van der Waals surface area contributed by atoms with Crippen LogP contribution < -0.4 is 5.32 Å². The molecule has 1 fully saturated rings. The average molecular weight is 362 g/mol. The van der Waals surface area contributed by atoms with Crippen molar-refractivity contribution in [3.8, 4) is 0 Å². The Bertz CT molecular complexity index is 1030. The molecule has 0 aliphatic carbocycles. The molecule has 1 saturated heterocycles. The van der Waals surface area contributed by atoms with Crippen molar-refractivity contribution in [2.75, 3.05) is 0 Å². The van der Waals surface area contributed by atoms with Gasteiger partial charge in [-0.3, -0.25) is 9.59 Å². The number of benzene rings is 2. The highest BCUT2D eigenvalue weighted by Gasteiger charge is 2.25. The fraction of sp³-hybridized carbons (Fsp3) is 0.143. The van der Waals surface area contributed by atoms with Gasteiger partial charge < -0.3 is 9.88 Å². The quantitative estimate of drug-likeness (QED) is 0.692. The normalized spacial score (nSPS) is 15.8. The molecule has 0 bridgehead atoms. The van der Waals surface area contributed by atoms with Crippen LogP contribution in [-0.2, 0) is 17.8 Å². The van der Waals surface area contributed by atoms with Crippen molar-refractivity contribution in [1.82, 2.24) is 9.88 Å². The molecule has 4 rings (SSSR count). The van der Waals surface area contributed by atoms with E-state index in [9.17, 15) is 9.59 Å². The van der Waals surface area contributed by atoms with Gasteiger partial charge in [-0.15, -0.1) is 0 Å². The molecule has 5 heteroatoms. The molecule has 130 valence electrons. The third-order valence-corrected chi connectivity index (χ3v) is 5.27. The van der Waals surface area contributed by atoms with Crippen LogP contribution in [0.25, 0.3) is 17.0 Å². The number of rotatable bonds is 4. The Morgan fingerprint density at radius 1 is 1.04 bits per heavy atom. The molecule has 26 heavy (non-hydrogen) atoms. The van der Waals surface area contributed by atoms with Crippen LogP contribution in [0.1, 0.15) is 23.6 Å². The fourth-order valence-corrected chi connectivity index (χ4v) is 3.71. The molecular weight excluding hydrogens is 344 g/mol. The van der Waals surface area contributed by atoms with Crippen LogP contribution in [0.2, 0.25) is 0 Å². The number of aromatic nitrogens is 1. The highest BCUT2D eigenvalue weighted by atomic mass is 32.2. The second-order valence-corrected chi connectivity index (χ2v) is 7.20. The fourth-order valence-electron chi connectivity index (χ4n) is 3.16. The van der Waals surface area contributed by atoms with Gasteiger partial charge in [0, 0.05) is 35.4 Å². The Hall–Kier alpha value is -2.79. The Morgan fingerprint density at radius 3 is 2.50 bits per heavy atom. The van der Waals surface area contributed by atoms with Gasteiger partial charge >= 0.3 is 0 Å². The van der Waals surface area contributed by atoms with Crippen LogP contribution in [0.5, 0.6) is 0 Å². The maximum absolute atomic E-state index is 11.8. The molecule has 4 nitrogen and oxygen atoms in total. The molecule has 1 aliphatic rings. The van der Waals surface area contributed by atoms with Gasteiger partial charge in [-0.05, 0) is 41.3 Å². The van der Waals surface area contributed by atoms with E-state index < -0.39 is 0 Å². The van der Waals surface area contributed by atoms with Crippen LogP contribution >= 0.6 is 11.8 Å². The first-order chi connectivity index (χ1) is 12.6. The monoisotopic (exact) mass is 362 g/mol. The molecule has 0 spiro atoms. The molecule has 2 aromatic carbocycles. The first-order valence-corrected chi connectivity index (χ1v) is 9.36. The first-order valence-electron chi connectivity index (χ1n) is 8.54. The number of fused-ring (bicyclic) bond motifs is 1. The van der Waals surface area contributed by atoms with E-state index >= 15 is 0 Å². The highest BCUT2D eigenvalue weighted by Crippen LogP contribution is 2.26. The predicted molar refractivity (Wildman–Crippen MR) is 106 cm³/mol. The van der Waals surface area contributed by atoms with E-state index in [4.69, 9.17) is 0 Å². The third-order valence-electron chi connectivity index (χ3n) is 4.57. The van der Waals surface area contributed by atoms with Crippen LogP contribution in [0.15, 0.2) is 60.4 Å². The Morgan fingerprint density at radius 2 is 1.81 bits per heavy atom. The Kier molecular flexibility index (Phi) is 4.39. The summed E-state index contributed by atoms with van der Waals surface area (Å²) in [4.78, 5) is 23.2. The van der Waals surface area contributed by atoms with Gasteiger partial charge in [0.05, 0.1) is 5.70 Å². The standard InChI is InChI=1S/C21H18N2O2S/c1-2-14-6-8-15(9-7-14)13-23-11-10-17-16(4-3-5-19(17)23)12-18-20(24)26-21(25)22-18/h3-12H,2,13H2,1H3,(H,22,25). The Balaban J connectivity index is 1.67. The van der Waals surface area contributed by atoms with Crippen molar-refractivity contribution in [3.63, 3.8) is 0 Å². The lowest BCUT2D eigenvalue weighted by Gasteiger charge is -2.07. The summed E-state index contributed by atoms with van der Waals surface area (Å²) in [5.41, 5.74) is 4.95. The van der Waals surface area contributed by atoms with Gasteiger partial charge in [-0.2, -0.15) is 0 Å². The molecule has 2 heterocycles. The number of hydrogen-bond donors (Lipinski definition) is 1. The zero-order valence-electron chi connectivity index (χ0n) is 14.4. The second-order valence-electron chi connectivity index (χ2n) is 6.25. The van der Waals surface area contributed by atoms with E-state index in [1.54, 1.807) is 6.08 Å². The summed E-state index contributed by atoms with van der Waals surface area (Å²) < 4.78 is 2.20. The summed E-state index contributed by atoms with van der Waals surface area (Å²) >= 11 is 0.701. The summed E-state index contributed by atoms with van der Waals surface area (Å²) in [6.45, 7) is 2.94. The number of amides is 1. The van der Waals surface area contributed by atoms with Gasteiger partial charge in [0.2, 0.25) is 5.12 Å². The van der Waals surface area contributed by atoms with Gasteiger partial charge in [-0.1, -0.05) is 43.3 Å². The maximum Gasteiger partial charge on any atom is 0.291 e. The van der Waals surface area contributed by atoms with E-state index in [1.165, 1.54) is 11.1 Å². The van der Waals surface area contributed by atoms with Crippen LogP contribution in [0.3, 0.4) is 0 Å². The summed E-state index contributed by atoms with van der Waals surface area (Å²) in [5, 5.41) is 3.11. The summed E-state index contributed by atoms with van der Waals surface area (Å²) in [6, 6.07) is 16.7. The van der Waals surface area contributed by atoms with Crippen molar-refractivity contribution in [2.24, 2.45) is 0 Å². The van der Waals surface area contributed by atoms with Gasteiger partial charge in [-0.25, -0.2) is 0 Å². The van der Waals surface area contributed by atoms with E-state index in [0.717, 1.165) is 29.4 Å². The largest absolute Gasteiger partial charge is 0.343 e. The van der Waals surface area contributed by atoms with E-state index in [0.29, 0.717) is 17.5 Å².